The Balaban J connectivity index is 1.26. The summed E-state index contributed by atoms with van der Waals surface area (Å²) in [4.78, 5) is 67.8. The van der Waals surface area contributed by atoms with Crippen molar-refractivity contribution in [3.8, 4) is 5.75 Å². The van der Waals surface area contributed by atoms with Gasteiger partial charge in [-0.15, -0.1) is 28.5 Å². The van der Waals surface area contributed by atoms with Crippen LogP contribution in [0.15, 0.2) is 63.8 Å². The van der Waals surface area contributed by atoms with E-state index >= 15 is 0 Å². The second kappa shape index (κ2) is 13.5. The van der Waals surface area contributed by atoms with Gasteiger partial charge in [-0.3, -0.25) is 24.1 Å². The van der Waals surface area contributed by atoms with Gasteiger partial charge < -0.3 is 25.5 Å². The molecule has 1 aromatic carbocycles. The molecule has 0 radical (unpaired) electrons. The predicted molar refractivity (Wildman–Crippen MR) is 159 cm³/mol. The van der Waals surface area contributed by atoms with Gasteiger partial charge in [0.05, 0.1) is 5.88 Å². The van der Waals surface area contributed by atoms with Crippen LogP contribution >= 0.6 is 35.1 Å². The van der Waals surface area contributed by atoms with E-state index in [4.69, 9.17) is 16.3 Å². The largest absolute Gasteiger partial charge is 0.478 e. The number of aryl methyl sites for hydroxylation is 1. The highest BCUT2D eigenvalue weighted by Crippen LogP contribution is 2.41. The number of aromatic nitrogens is 5. The van der Waals surface area contributed by atoms with Gasteiger partial charge in [-0.25, -0.2) is 9.48 Å². The molecule has 0 bridgehead atoms. The Morgan fingerprint density at radius 3 is 2.70 bits per heavy atom. The number of halogens is 1. The Bertz CT molecular complexity index is 1680. The van der Waals surface area contributed by atoms with Crippen LogP contribution in [0.4, 0.5) is 0 Å². The molecule has 4 heterocycles. The third-order valence-electron chi connectivity index (χ3n) is 6.64. The number of nitrogens with zero attached hydrogens (tertiary/aromatic N) is 5. The second-order valence-corrected chi connectivity index (χ2v) is 11.9. The maximum atomic E-state index is 13.5. The van der Waals surface area contributed by atoms with Crippen LogP contribution in [0.1, 0.15) is 17.3 Å². The van der Waals surface area contributed by atoms with E-state index < -0.39 is 53.2 Å². The molecule has 230 valence electrons. The maximum absolute atomic E-state index is 13.5. The van der Waals surface area contributed by atoms with Gasteiger partial charge in [0, 0.05) is 36.5 Å². The number of nitrogens with one attached hydrogen (secondary N) is 3. The van der Waals surface area contributed by atoms with Crippen molar-refractivity contribution in [1.29, 1.82) is 0 Å². The fourth-order valence-electron chi connectivity index (χ4n) is 4.51. The number of β-lactam (4-membered cyclic amide) rings is 1. The molecule has 3 amide bonds. The molecule has 0 aliphatic carbocycles. The van der Waals surface area contributed by atoms with Gasteiger partial charge in [0.15, 0.2) is 12.4 Å². The van der Waals surface area contributed by atoms with Gasteiger partial charge in [0.1, 0.15) is 23.2 Å². The average molecular weight is 661 g/mol. The van der Waals surface area contributed by atoms with Crippen LogP contribution in [0.25, 0.3) is 0 Å². The van der Waals surface area contributed by atoms with Gasteiger partial charge in [0.2, 0.25) is 16.5 Å². The number of carbonyl (C=O) groups excluding carboxylic acids is 3. The number of H-pyrrole nitrogens is 1. The number of carboxylic acids is 1. The van der Waals surface area contributed by atoms with Gasteiger partial charge in [-0.1, -0.05) is 42.1 Å². The van der Waals surface area contributed by atoms with Gasteiger partial charge in [0.25, 0.3) is 11.8 Å². The van der Waals surface area contributed by atoms with E-state index in [-0.39, 0.29) is 23.1 Å². The zero-order valence-corrected chi connectivity index (χ0v) is 25.3. The lowest BCUT2D eigenvalue weighted by Gasteiger charge is -2.49. The Morgan fingerprint density at radius 1 is 1.27 bits per heavy atom. The molecule has 1 unspecified atom stereocenters. The van der Waals surface area contributed by atoms with Gasteiger partial charge >= 0.3 is 5.97 Å². The minimum absolute atomic E-state index is 0.0976. The Hall–Kier alpha value is -4.35. The van der Waals surface area contributed by atoms with Crippen LogP contribution in [0.5, 0.6) is 5.75 Å². The number of thioether (sulfide) groups is 2. The molecule has 3 aromatic rings. The minimum atomic E-state index is -1.26. The molecule has 4 N–H and O–H groups in total. The fraction of sp³-hybridized carbons (Fsp3) is 0.308. The third kappa shape index (κ3) is 6.58. The first-order chi connectivity index (χ1) is 21.2. The fourth-order valence-corrected chi connectivity index (χ4v) is 7.00. The summed E-state index contributed by atoms with van der Waals surface area (Å²) < 4.78 is 6.80. The summed E-state index contributed by atoms with van der Waals surface area (Å²) in [6.07, 6.45) is 1.29. The van der Waals surface area contributed by atoms with Gasteiger partial charge in [-0.05, 0) is 21.6 Å². The quantitative estimate of drug-likeness (QED) is 0.119. The standard InChI is InChI=1S/C26H25ClN8O7S2/c1-34-26(31-32-33-34)44-12-14-11-43-24-20(23(39)35(24)21(14)25(40)41)30-22(38)19(13-5-3-2-4-6-13)29-18(37)10-42-17-9-28-15(8-27)7-16(17)36/h2-7,9,19-20,24H,8,10-12H2,1H3,(H,28,36)(H,29,37)(H,30,38)(H,40,41)/t19-,20?,24-/m1/s1. The number of aliphatic carboxylic acids is 1. The van der Waals surface area contributed by atoms with Crippen LogP contribution in [-0.4, -0.2) is 88.4 Å². The van der Waals surface area contributed by atoms with Crippen molar-refractivity contribution in [2.45, 2.75) is 28.5 Å². The first-order valence-corrected chi connectivity index (χ1v) is 15.5. The number of pyridine rings is 1. The molecule has 0 spiro atoms. The molecule has 15 nitrogen and oxygen atoms in total. The van der Waals surface area contributed by atoms with Crippen molar-refractivity contribution in [2.24, 2.45) is 7.05 Å². The molecule has 2 aromatic heterocycles. The van der Waals surface area contributed by atoms with E-state index in [2.05, 4.69) is 31.1 Å². The summed E-state index contributed by atoms with van der Waals surface area (Å²) in [5, 5.41) is 26.2. The van der Waals surface area contributed by atoms with Gasteiger partial charge in [-0.2, -0.15) is 0 Å². The lowest BCUT2D eigenvalue weighted by Crippen LogP contribution is -2.71. The summed E-state index contributed by atoms with van der Waals surface area (Å²) in [5.41, 5.74) is 0.840. The van der Waals surface area contributed by atoms with Crippen LogP contribution in [0.3, 0.4) is 0 Å². The highest BCUT2D eigenvalue weighted by atomic mass is 35.5. The van der Waals surface area contributed by atoms with Crippen molar-refractivity contribution < 1.29 is 29.0 Å². The van der Waals surface area contributed by atoms with Crippen LogP contribution in [0, 0.1) is 0 Å². The van der Waals surface area contributed by atoms with E-state index in [1.165, 1.54) is 45.4 Å². The smallest absolute Gasteiger partial charge is 0.352 e. The Labute approximate surface area is 262 Å². The molecule has 0 saturated carbocycles. The number of tetrazole rings is 1. The number of hydrogen-bond donors (Lipinski definition) is 4. The van der Waals surface area contributed by atoms with Crippen LogP contribution in [-0.2, 0) is 32.1 Å². The van der Waals surface area contributed by atoms with E-state index in [0.717, 1.165) is 0 Å². The second-order valence-electron chi connectivity index (χ2n) is 9.55. The molecular weight excluding hydrogens is 636 g/mol. The summed E-state index contributed by atoms with van der Waals surface area (Å²) >= 11 is 8.27. The molecule has 44 heavy (non-hydrogen) atoms. The summed E-state index contributed by atoms with van der Waals surface area (Å²) in [7, 11) is 1.66. The van der Waals surface area contributed by atoms with Crippen molar-refractivity contribution in [2.75, 3.05) is 18.1 Å². The van der Waals surface area contributed by atoms with Crippen LogP contribution < -0.4 is 20.8 Å². The topological polar surface area (TPSA) is 201 Å². The zero-order chi connectivity index (χ0) is 31.4. The Kier molecular flexibility index (Phi) is 9.55. The number of amides is 3. The summed E-state index contributed by atoms with van der Waals surface area (Å²) in [6, 6.07) is 7.40. The number of carboxylic acid groups (broad SMARTS) is 1. The molecule has 2 aliphatic rings. The van der Waals surface area contributed by atoms with Crippen molar-refractivity contribution in [1.82, 2.24) is 40.7 Å². The average Bonchev–Trinajstić information content (AvgIpc) is 3.44. The monoisotopic (exact) mass is 660 g/mol. The number of hydrogen-bond acceptors (Lipinski definition) is 11. The first-order valence-electron chi connectivity index (χ1n) is 13.0. The molecule has 2 aliphatic heterocycles. The molecule has 18 heteroatoms. The maximum Gasteiger partial charge on any atom is 0.352 e. The molecule has 5 rings (SSSR count). The molecule has 1 saturated heterocycles. The van der Waals surface area contributed by atoms with Crippen molar-refractivity contribution in [3.63, 3.8) is 0 Å². The number of carbonyl (C=O) groups is 4. The Morgan fingerprint density at radius 2 is 2.05 bits per heavy atom. The van der Waals surface area contributed by atoms with E-state index in [0.29, 0.717) is 27.7 Å². The van der Waals surface area contributed by atoms with Crippen molar-refractivity contribution in [3.05, 3.63) is 75.3 Å². The number of ether oxygens (including phenoxy) is 1. The molecule has 3 atom stereocenters. The van der Waals surface area contributed by atoms with E-state index in [1.54, 1.807) is 37.4 Å². The SMILES string of the molecule is Cn1nnnc1SCC1=C(C(=O)O)N2C(=O)C(NC(=O)[C@H](NC(=O)COc3c[nH]c(CCl)cc3=O)c3ccccc3)[C@H]2SC1. The third-order valence-corrected chi connectivity index (χ3v) is 9.37. The minimum Gasteiger partial charge on any atom is -0.478 e. The first kappa shape index (κ1) is 31.1. The number of rotatable bonds is 12. The van der Waals surface area contributed by atoms with E-state index in [9.17, 15) is 29.1 Å². The predicted octanol–water partition coefficient (Wildman–Crippen LogP) is 0.404. The zero-order valence-electron chi connectivity index (χ0n) is 22.9. The number of aromatic amines is 1. The molecule has 1 fully saturated rings. The van der Waals surface area contributed by atoms with Crippen molar-refractivity contribution >= 4 is 58.8 Å². The van der Waals surface area contributed by atoms with Crippen LogP contribution in [0.2, 0.25) is 0 Å². The highest BCUT2D eigenvalue weighted by molar-refractivity contribution is 8.01. The normalized spacial score (nSPS) is 18.2. The summed E-state index contributed by atoms with van der Waals surface area (Å²) in [5.74, 6) is -2.66. The number of fused-ring (bicyclic) bond motifs is 1. The lowest BCUT2D eigenvalue weighted by atomic mass is 10.0. The highest BCUT2D eigenvalue weighted by Gasteiger charge is 2.54. The lowest BCUT2D eigenvalue weighted by molar-refractivity contribution is -0.151. The molecular formula is C26H25ClN8O7S2. The number of benzene rings is 1. The van der Waals surface area contributed by atoms with E-state index in [1.807, 2.05) is 0 Å². The number of alkyl halides is 1. The summed E-state index contributed by atoms with van der Waals surface area (Å²) in [6.45, 7) is -0.563.